The quantitative estimate of drug-likeness (QED) is 0.222. The fourth-order valence-corrected chi connectivity index (χ4v) is 5.66. The molecular formula is C35H26N2O3. The highest BCUT2D eigenvalue weighted by atomic mass is 16.5. The molecule has 0 saturated carbocycles. The lowest BCUT2D eigenvalue weighted by molar-refractivity contribution is 0.0656. The van der Waals surface area contributed by atoms with Gasteiger partial charge in [-0.25, -0.2) is 0 Å². The van der Waals surface area contributed by atoms with E-state index in [-0.39, 0.29) is 18.4 Å². The molecule has 1 N–H and O–H groups in total. The number of carbonyl (C=O) groups is 2. The number of carbonyl (C=O) groups excluding carboxylic acids is 2. The predicted octanol–water partition coefficient (Wildman–Crippen LogP) is 7.41. The van der Waals surface area contributed by atoms with Crippen molar-refractivity contribution < 1.29 is 14.3 Å². The second-order valence-electron chi connectivity index (χ2n) is 10.0. The number of hydrogen-bond donors (Lipinski definition) is 1. The van der Waals surface area contributed by atoms with Crippen molar-refractivity contribution >= 4 is 33.5 Å². The summed E-state index contributed by atoms with van der Waals surface area (Å²) in [6, 6.07) is 37.8. The number of aromatic amines is 1. The Morgan fingerprint density at radius 2 is 1.32 bits per heavy atom. The van der Waals surface area contributed by atoms with Crippen LogP contribution in [0.4, 0.5) is 0 Å². The van der Waals surface area contributed by atoms with Gasteiger partial charge in [0.15, 0.2) is 0 Å². The van der Waals surface area contributed by atoms with E-state index in [4.69, 9.17) is 4.74 Å². The highest BCUT2D eigenvalue weighted by Crippen LogP contribution is 2.37. The molecule has 0 aliphatic carbocycles. The standard InChI is InChI=1S/C35H26N2O3/c38-34-29-14-6-7-15-30(29)35(39)37(34)20-19-28-31-21-25(40-22-23-9-2-1-3-10-23)17-18-32(31)36-33(28)27-16-8-12-24-11-4-5-13-26(24)27/h1-18,21,36H,19-20,22H2. The first kappa shape index (κ1) is 23.9. The van der Waals surface area contributed by atoms with Crippen molar-refractivity contribution in [2.45, 2.75) is 13.0 Å². The van der Waals surface area contributed by atoms with Gasteiger partial charge in [0.1, 0.15) is 12.4 Å². The largest absolute Gasteiger partial charge is 0.489 e. The maximum atomic E-state index is 13.1. The topological polar surface area (TPSA) is 62.4 Å². The molecule has 0 atom stereocenters. The first-order chi connectivity index (χ1) is 19.7. The average Bonchev–Trinajstić information content (AvgIpc) is 3.48. The van der Waals surface area contributed by atoms with Gasteiger partial charge in [-0.15, -0.1) is 0 Å². The van der Waals surface area contributed by atoms with Crippen molar-refractivity contribution in [3.05, 3.63) is 138 Å². The van der Waals surface area contributed by atoms with Crippen molar-refractivity contribution in [1.82, 2.24) is 9.88 Å². The molecule has 1 aliphatic heterocycles. The van der Waals surface area contributed by atoms with Crippen LogP contribution in [0.5, 0.6) is 5.75 Å². The van der Waals surface area contributed by atoms with Crippen LogP contribution in [-0.4, -0.2) is 28.2 Å². The summed E-state index contributed by atoms with van der Waals surface area (Å²) < 4.78 is 6.16. The molecular weight excluding hydrogens is 496 g/mol. The molecule has 7 rings (SSSR count). The lowest BCUT2D eigenvalue weighted by Crippen LogP contribution is -2.31. The lowest BCUT2D eigenvalue weighted by Gasteiger charge is -2.15. The molecule has 0 unspecified atom stereocenters. The van der Waals surface area contributed by atoms with E-state index in [0.29, 0.717) is 24.2 Å². The Morgan fingerprint density at radius 1 is 0.650 bits per heavy atom. The Bertz CT molecular complexity index is 1870. The van der Waals surface area contributed by atoms with Crippen LogP contribution in [0, 0.1) is 0 Å². The number of H-pyrrole nitrogens is 1. The molecule has 0 fully saturated rings. The van der Waals surface area contributed by atoms with Crippen LogP contribution in [0.25, 0.3) is 32.9 Å². The van der Waals surface area contributed by atoms with Crippen LogP contribution in [-0.2, 0) is 13.0 Å². The molecule has 5 nitrogen and oxygen atoms in total. The Labute approximate surface area is 231 Å². The number of imide groups is 1. The van der Waals surface area contributed by atoms with Gasteiger partial charge in [-0.2, -0.15) is 0 Å². The molecule has 0 spiro atoms. The molecule has 1 aromatic heterocycles. The molecule has 5 aromatic carbocycles. The zero-order valence-electron chi connectivity index (χ0n) is 21.8. The van der Waals surface area contributed by atoms with Crippen LogP contribution < -0.4 is 4.74 Å². The molecule has 1 aliphatic rings. The zero-order chi connectivity index (χ0) is 27.1. The van der Waals surface area contributed by atoms with E-state index in [0.717, 1.165) is 49.8 Å². The van der Waals surface area contributed by atoms with E-state index in [1.54, 1.807) is 24.3 Å². The van der Waals surface area contributed by atoms with Gasteiger partial charge in [0.2, 0.25) is 0 Å². The fraction of sp³-hybridized carbons (Fsp3) is 0.0857. The maximum absolute atomic E-state index is 13.1. The normalized spacial score (nSPS) is 12.8. The smallest absolute Gasteiger partial charge is 0.261 e. The first-order valence-corrected chi connectivity index (χ1v) is 13.4. The first-order valence-electron chi connectivity index (χ1n) is 13.4. The predicted molar refractivity (Wildman–Crippen MR) is 158 cm³/mol. The number of rotatable bonds is 7. The number of nitrogens with one attached hydrogen (secondary N) is 1. The van der Waals surface area contributed by atoms with Crippen molar-refractivity contribution in [2.24, 2.45) is 0 Å². The Kier molecular flexibility index (Phi) is 5.90. The highest BCUT2D eigenvalue weighted by molar-refractivity contribution is 6.21. The maximum Gasteiger partial charge on any atom is 0.261 e. The molecule has 6 aromatic rings. The van der Waals surface area contributed by atoms with E-state index in [1.807, 2.05) is 54.6 Å². The molecule has 0 bridgehead atoms. The van der Waals surface area contributed by atoms with E-state index in [2.05, 4.69) is 41.4 Å². The van der Waals surface area contributed by atoms with Crippen molar-refractivity contribution in [3.8, 4) is 17.0 Å². The van der Waals surface area contributed by atoms with Crippen LogP contribution >= 0.6 is 0 Å². The second kappa shape index (κ2) is 9.86. The number of fused-ring (bicyclic) bond motifs is 3. The van der Waals surface area contributed by atoms with Crippen LogP contribution in [0.3, 0.4) is 0 Å². The summed E-state index contributed by atoms with van der Waals surface area (Å²) in [4.78, 5) is 31.2. The number of aromatic nitrogens is 1. The summed E-state index contributed by atoms with van der Waals surface area (Å²) >= 11 is 0. The van der Waals surface area contributed by atoms with Crippen LogP contribution in [0.2, 0.25) is 0 Å². The minimum absolute atomic E-state index is 0.237. The van der Waals surface area contributed by atoms with Crippen LogP contribution in [0.15, 0.2) is 115 Å². The minimum Gasteiger partial charge on any atom is -0.489 e. The van der Waals surface area contributed by atoms with E-state index in [9.17, 15) is 9.59 Å². The van der Waals surface area contributed by atoms with Crippen molar-refractivity contribution in [1.29, 1.82) is 0 Å². The number of benzene rings is 5. The summed E-state index contributed by atoms with van der Waals surface area (Å²) in [5, 5.41) is 3.31. The summed E-state index contributed by atoms with van der Waals surface area (Å²) in [6.07, 6.45) is 0.506. The van der Waals surface area contributed by atoms with Gasteiger partial charge in [-0.3, -0.25) is 14.5 Å². The number of amides is 2. The van der Waals surface area contributed by atoms with E-state index >= 15 is 0 Å². The third-order valence-corrected chi connectivity index (χ3v) is 7.65. The van der Waals surface area contributed by atoms with Crippen LogP contribution in [0.1, 0.15) is 31.8 Å². The lowest BCUT2D eigenvalue weighted by atomic mass is 9.97. The molecule has 5 heteroatoms. The molecule has 0 radical (unpaired) electrons. The van der Waals surface area contributed by atoms with Gasteiger partial charge >= 0.3 is 0 Å². The Morgan fingerprint density at radius 3 is 2.12 bits per heavy atom. The number of ether oxygens (including phenoxy) is 1. The third-order valence-electron chi connectivity index (χ3n) is 7.65. The van der Waals surface area contributed by atoms with E-state index in [1.165, 1.54) is 4.90 Å². The monoisotopic (exact) mass is 522 g/mol. The molecule has 194 valence electrons. The van der Waals surface area contributed by atoms with Gasteiger partial charge in [0.05, 0.1) is 16.8 Å². The fourth-order valence-electron chi connectivity index (χ4n) is 5.66. The molecule has 2 amide bonds. The number of nitrogens with zero attached hydrogens (tertiary/aromatic N) is 1. The van der Waals surface area contributed by atoms with Crippen molar-refractivity contribution in [2.75, 3.05) is 6.54 Å². The SMILES string of the molecule is O=C1c2ccccc2C(=O)N1CCc1c(-c2cccc3ccccc23)[nH]c2ccc(OCc3ccccc3)cc12. The van der Waals surface area contributed by atoms with Crippen molar-refractivity contribution in [3.63, 3.8) is 0 Å². The van der Waals surface area contributed by atoms with Gasteiger partial charge < -0.3 is 9.72 Å². The van der Waals surface area contributed by atoms with Gasteiger partial charge in [0, 0.05) is 23.0 Å². The van der Waals surface area contributed by atoms with Gasteiger partial charge in [-0.05, 0) is 58.7 Å². The molecule has 2 heterocycles. The zero-order valence-corrected chi connectivity index (χ0v) is 21.8. The third kappa shape index (κ3) is 4.12. The van der Waals surface area contributed by atoms with Gasteiger partial charge in [-0.1, -0.05) is 84.9 Å². The summed E-state index contributed by atoms with van der Waals surface area (Å²) in [6.45, 7) is 0.753. The number of hydrogen-bond acceptors (Lipinski definition) is 3. The second-order valence-corrected chi connectivity index (χ2v) is 10.0. The molecule has 0 saturated heterocycles. The highest BCUT2D eigenvalue weighted by Gasteiger charge is 2.35. The Hall–Kier alpha value is -5.16. The summed E-state index contributed by atoms with van der Waals surface area (Å²) in [5.41, 5.74) is 6.14. The molecule has 40 heavy (non-hydrogen) atoms. The summed E-state index contributed by atoms with van der Waals surface area (Å²) in [7, 11) is 0. The Balaban J connectivity index is 1.29. The van der Waals surface area contributed by atoms with Gasteiger partial charge in [0.25, 0.3) is 11.8 Å². The summed E-state index contributed by atoms with van der Waals surface area (Å²) in [5.74, 6) is 0.292. The van der Waals surface area contributed by atoms with E-state index < -0.39 is 0 Å². The minimum atomic E-state index is -0.237. The average molecular weight is 523 g/mol.